The van der Waals surface area contributed by atoms with Gasteiger partial charge in [-0.05, 0) is 30.2 Å². The van der Waals surface area contributed by atoms with Gasteiger partial charge in [0.1, 0.15) is 0 Å². The molecule has 0 spiro atoms. The lowest BCUT2D eigenvalue weighted by molar-refractivity contribution is -0.119. The van der Waals surface area contributed by atoms with Crippen molar-refractivity contribution in [3.8, 4) is 11.4 Å². The fraction of sp³-hybridized carbons (Fsp3) is 0.438. The summed E-state index contributed by atoms with van der Waals surface area (Å²) in [5, 5.41) is 23.9. The molecule has 0 aliphatic carbocycles. The molecule has 0 radical (unpaired) electrons. The maximum Gasteiger partial charge on any atom is 0.335 e. The van der Waals surface area contributed by atoms with E-state index in [1.165, 1.54) is 16.9 Å². The van der Waals surface area contributed by atoms with Crippen molar-refractivity contribution in [2.45, 2.75) is 32.2 Å². The standard InChI is InChI=1S/C16H22N6O3/c17-11-14(23)18-9-3-1-2-4-10-22-20-15(19-21-22)12-5-7-13(8-6-12)16(24)25/h5-8H,1-4,9-11,17H2,(H,18,23)(H,24,25). The van der Waals surface area contributed by atoms with Crippen LogP contribution in [-0.2, 0) is 11.3 Å². The lowest BCUT2D eigenvalue weighted by atomic mass is 10.1. The molecule has 9 heteroatoms. The second-order valence-electron chi connectivity index (χ2n) is 5.56. The van der Waals surface area contributed by atoms with Crippen molar-refractivity contribution < 1.29 is 14.7 Å². The number of rotatable bonds is 10. The highest BCUT2D eigenvalue weighted by Crippen LogP contribution is 2.14. The van der Waals surface area contributed by atoms with E-state index in [1.54, 1.807) is 12.1 Å². The van der Waals surface area contributed by atoms with Gasteiger partial charge >= 0.3 is 5.97 Å². The zero-order valence-corrected chi connectivity index (χ0v) is 13.9. The van der Waals surface area contributed by atoms with Gasteiger partial charge in [0.25, 0.3) is 0 Å². The van der Waals surface area contributed by atoms with Gasteiger partial charge in [-0.1, -0.05) is 25.0 Å². The first-order valence-electron chi connectivity index (χ1n) is 8.18. The number of aromatic carboxylic acids is 1. The Bertz CT molecular complexity index is 698. The molecule has 0 fully saturated rings. The minimum atomic E-state index is -0.967. The molecule has 9 nitrogen and oxygen atoms in total. The quantitative estimate of drug-likeness (QED) is 0.538. The molecule has 1 aromatic carbocycles. The molecular weight excluding hydrogens is 324 g/mol. The molecule has 25 heavy (non-hydrogen) atoms. The number of unbranched alkanes of at least 4 members (excludes halogenated alkanes) is 3. The number of carbonyl (C=O) groups excluding carboxylic acids is 1. The van der Waals surface area contributed by atoms with Crippen molar-refractivity contribution in [2.24, 2.45) is 5.73 Å². The van der Waals surface area contributed by atoms with Crippen LogP contribution in [-0.4, -0.2) is 50.3 Å². The van der Waals surface area contributed by atoms with Gasteiger partial charge in [0, 0.05) is 12.1 Å². The lowest BCUT2D eigenvalue weighted by Gasteiger charge is -2.03. The molecule has 2 aromatic rings. The summed E-state index contributed by atoms with van der Waals surface area (Å²) in [6.45, 7) is 1.34. The van der Waals surface area contributed by atoms with E-state index in [2.05, 4.69) is 20.7 Å². The average molecular weight is 346 g/mol. The zero-order chi connectivity index (χ0) is 18.1. The Morgan fingerprint density at radius 1 is 1.12 bits per heavy atom. The van der Waals surface area contributed by atoms with Gasteiger partial charge in [-0.25, -0.2) is 4.79 Å². The third-order valence-electron chi connectivity index (χ3n) is 3.64. The first-order valence-corrected chi connectivity index (χ1v) is 8.18. The summed E-state index contributed by atoms with van der Waals surface area (Å²) in [5.74, 6) is -0.622. The molecule has 0 atom stereocenters. The van der Waals surface area contributed by atoms with Crippen LogP contribution in [0.1, 0.15) is 36.0 Å². The van der Waals surface area contributed by atoms with E-state index in [1.807, 2.05) is 0 Å². The third-order valence-corrected chi connectivity index (χ3v) is 3.64. The minimum Gasteiger partial charge on any atom is -0.478 e. The molecule has 0 bridgehead atoms. The summed E-state index contributed by atoms with van der Waals surface area (Å²) < 4.78 is 0. The number of aromatic nitrogens is 4. The van der Waals surface area contributed by atoms with E-state index >= 15 is 0 Å². The van der Waals surface area contributed by atoms with Crippen LogP contribution in [0.25, 0.3) is 11.4 Å². The van der Waals surface area contributed by atoms with Crippen molar-refractivity contribution in [3.05, 3.63) is 29.8 Å². The fourth-order valence-corrected chi connectivity index (χ4v) is 2.25. The predicted octanol–water partition coefficient (Wildman–Crippen LogP) is 0.674. The molecule has 0 unspecified atom stereocenters. The number of tetrazole rings is 1. The Kier molecular flexibility index (Phi) is 7.02. The Labute approximate surface area is 145 Å². The van der Waals surface area contributed by atoms with Gasteiger partial charge < -0.3 is 16.2 Å². The zero-order valence-electron chi connectivity index (χ0n) is 13.9. The number of carboxylic acid groups (broad SMARTS) is 1. The summed E-state index contributed by atoms with van der Waals surface area (Å²) in [5.41, 5.74) is 6.15. The van der Waals surface area contributed by atoms with Gasteiger partial charge in [-0.15, -0.1) is 10.2 Å². The summed E-state index contributed by atoms with van der Waals surface area (Å²) in [4.78, 5) is 23.3. The number of hydrogen-bond acceptors (Lipinski definition) is 6. The fourth-order valence-electron chi connectivity index (χ4n) is 2.25. The smallest absolute Gasteiger partial charge is 0.335 e. The molecule has 4 N–H and O–H groups in total. The number of hydrogen-bond donors (Lipinski definition) is 3. The number of benzene rings is 1. The van der Waals surface area contributed by atoms with Crippen LogP contribution in [0.2, 0.25) is 0 Å². The van der Waals surface area contributed by atoms with Crippen molar-refractivity contribution >= 4 is 11.9 Å². The van der Waals surface area contributed by atoms with Crippen molar-refractivity contribution in [1.29, 1.82) is 0 Å². The van der Waals surface area contributed by atoms with Gasteiger partial charge in [0.15, 0.2) is 0 Å². The highest BCUT2D eigenvalue weighted by atomic mass is 16.4. The van der Waals surface area contributed by atoms with Crippen molar-refractivity contribution in [1.82, 2.24) is 25.5 Å². The Hall–Kier alpha value is -2.81. The van der Waals surface area contributed by atoms with Crippen LogP contribution in [0.15, 0.2) is 24.3 Å². The van der Waals surface area contributed by atoms with Crippen LogP contribution < -0.4 is 11.1 Å². The van der Waals surface area contributed by atoms with Crippen LogP contribution in [0.5, 0.6) is 0 Å². The summed E-state index contributed by atoms with van der Waals surface area (Å²) in [7, 11) is 0. The van der Waals surface area contributed by atoms with E-state index in [0.717, 1.165) is 31.2 Å². The second kappa shape index (κ2) is 9.48. The number of nitrogens with zero attached hydrogens (tertiary/aromatic N) is 4. The molecule has 0 aliphatic rings. The largest absolute Gasteiger partial charge is 0.478 e. The summed E-state index contributed by atoms with van der Waals surface area (Å²) >= 11 is 0. The normalized spacial score (nSPS) is 10.6. The van der Waals surface area contributed by atoms with Crippen molar-refractivity contribution in [3.63, 3.8) is 0 Å². The van der Waals surface area contributed by atoms with Crippen LogP contribution >= 0.6 is 0 Å². The maximum absolute atomic E-state index is 11.0. The molecule has 0 saturated heterocycles. The van der Waals surface area contributed by atoms with Gasteiger partial charge in [0.05, 0.1) is 18.7 Å². The van der Waals surface area contributed by atoms with Crippen LogP contribution in [0.4, 0.5) is 0 Å². The Morgan fingerprint density at radius 2 is 1.84 bits per heavy atom. The molecule has 1 aromatic heterocycles. The molecule has 1 amide bonds. The van der Waals surface area contributed by atoms with Gasteiger partial charge in [0.2, 0.25) is 11.7 Å². The van der Waals surface area contributed by atoms with Crippen LogP contribution in [0.3, 0.4) is 0 Å². The SMILES string of the molecule is NCC(=O)NCCCCCCn1nnc(-c2ccc(C(=O)O)cc2)n1. The van der Waals surface area contributed by atoms with E-state index in [4.69, 9.17) is 10.8 Å². The van der Waals surface area contributed by atoms with Gasteiger partial charge in [-0.2, -0.15) is 4.80 Å². The van der Waals surface area contributed by atoms with E-state index in [0.29, 0.717) is 18.9 Å². The monoisotopic (exact) mass is 346 g/mol. The van der Waals surface area contributed by atoms with E-state index in [9.17, 15) is 9.59 Å². The number of nitrogens with one attached hydrogen (secondary N) is 1. The number of nitrogens with two attached hydrogens (primary N) is 1. The first-order chi connectivity index (χ1) is 12.1. The lowest BCUT2D eigenvalue weighted by Crippen LogP contribution is -2.30. The average Bonchev–Trinajstić information content (AvgIpc) is 3.09. The summed E-state index contributed by atoms with van der Waals surface area (Å²) in [6, 6.07) is 6.37. The molecule has 134 valence electrons. The minimum absolute atomic E-state index is 0.0271. The predicted molar refractivity (Wildman–Crippen MR) is 90.7 cm³/mol. The van der Waals surface area contributed by atoms with E-state index in [-0.39, 0.29) is 18.0 Å². The van der Waals surface area contributed by atoms with Gasteiger partial charge in [-0.3, -0.25) is 4.79 Å². The molecule has 0 saturated carbocycles. The molecule has 0 aliphatic heterocycles. The van der Waals surface area contributed by atoms with Crippen LogP contribution in [0, 0.1) is 0 Å². The third kappa shape index (κ3) is 5.96. The number of carboxylic acids is 1. The second-order valence-corrected chi connectivity index (χ2v) is 5.56. The number of aryl methyl sites for hydroxylation is 1. The number of amides is 1. The van der Waals surface area contributed by atoms with Crippen molar-refractivity contribution in [2.75, 3.05) is 13.1 Å². The number of carbonyl (C=O) groups is 2. The molecular formula is C16H22N6O3. The summed E-state index contributed by atoms with van der Waals surface area (Å²) in [6.07, 6.45) is 3.84. The first kappa shape index (κ1) is 18.5. The highest BCUT2D eigenvalue weighted by Gasteiger charge is 2.08. The molecule has 2 rings (SSSR count). The Morgan fingerprint density at radius 3 is 2.52 bits per heavy atom. The molecule has 1 heterocycles. The maximum atomic E-state index is 11.0. The highest BCUT2D eigenvalue weighted by molar-refractivity contribution is 5.88. The Balaban J connectivity index is 1.71. The van der Waals surface area contributed by atoms with E-state index < -0.39 is 5.97 Å². The topological polar surface area (TPSA) is 136 Å².